The zero-order valence-corrected chi connectivity index (χ0v) is 18.6. The van der Waals surface area contributed by atoms with Gasteiger partial charge in [0.05, 0.1) is 32.9 Å². The molecule has 0 aliphatic heterocycles. The van der Waals surface area contributed by atoms with Crippen molar-refractivity contribution in [3.05, 3.63) is 77.3 Å². The number of benzene rings is 2. The van der Waals surface area contributed by atoms with Crippen LogP contribution in [0.25, 0.3) is 10.6 Å². The van der Waals surface area contributed by atoms with Gasteiger partial charge < -0.3 is 14.8 Å². The van der Waals surface area contributed by atoms with Crippen LogP contribution < -0.4 is 14.8 Å². The summed E-state index contributed by atoms with van der Waals surface area (Å²) in [6.07, 6.45) is 3.43. The molecule has 0 bridgehead atoms. The molecular formula is C23H23N5O3S. The second kappa shape index (κ2) is 10.1. The van der Waals surface area contributed by atoms with E-state index in [0.717, 1.165) is 27.4 Å². The molecule has 0 aliphatic rings. The highest BCUT2D eigenvalue weighted by Crippen LogP contribution is 2.33. The Balaban J connectivity index is 1.31. The van der Waals surface area contributed by atoms with Crippen molar-refractivity contribution in [2.45, 2.75) is 19.5 Å². The minimum absolute atomic E-state index is 0.0687. The lowest BCUT2D eigenvalue weighted by atomic mass is 10.1. The van der Waals surface area contributed by atoms with Crippen molar-refractivity contribution < 1.29 is 14.3 Å². The first-order chi connectivity index (χ1) is 15.6. The first kappa shape index (κ1) is 21.5. The van der Waals surface area contributed by atoms with Crippen molar-refractivity contribution in [3.63, 3.8) is 0 Å². The monoisotopic (exact) mass is 449 g/mol. The van der Waals surface area contributed by atoms with Crippen LogP contribution in [0, 0.1) is 0 Å². The van der Waals surface area contributed by atoms with Gasteiger partial charge in [0.2, 0.25) is 5.91 Å². The third-order valence-electron chi connectivity index (χ3n) is 4.85. The summed E-state index contributed by atoms with van der Waals surface area (Å²) in [4.78, 5) is 20.9. The third kappa shape index (κ3) is 5.30. The van der Waals surface area contributed by atoms with Crippen molar-refractivity contribution in [1.82, 2.24) is 25.1 Å². The van der Waals surface area contributed by atoms with E-state index in [1.165, 1.54) is 17.7 Å². The van der Waals surface area contributed by atoms with Crippen LogP contribution in [0.5, 0.6) is 11.5 Å². The Hall–Kier alpha value is -3.72. The van der Waals surface area contributed by atoms with Gasteiger partial charge in [0.15, 0.2) is 11.5 Å². The van der Waals surface area contributed by atoms with Crippen LogP contribution in [0.4, 0.5) is 0 Å². The van der Waals surface area contributed by atoms with E-state index in [1.54, 1.807) is 25.2 Å². The molecule has 0 fully saturated rings. The summed E-state index contributed by atoms with van der Waals surface area (Å²) < 4.78 is 12.4. The van der Waals surface area contributed by atoms with E-state index in [1.807, 2.05) is 47.8 Å². The summed E-state index contributed by atoms with van der Waals surface area (Å²) >= 11 is 1.50. The lowest BCUT2D eigenvalue weighted by molar-refractivity contribution is -0.120. The van der Waals surface area contributed by atoms with E-state index >= 15 is 0 Å². The fourth-order valence-electron chi connectivity index (χ4n) is 3.18. The number of rotatable bonds is 9. The molecule has 0 spiro atoms. The second-order valence-electron chi connectivity index (χ2n) is 7.08. The standard InChI is InChI=1S/C23H23N5O3S/c1-30-20-8-7-18(9-21(20)31-2)23-27-19(13-32-23)10-22(29)25-11-16-3-5-17(6-4-16)12-28-15-24-14-26-28/h3-9,13-15H,10-12H2,1-2H3,(H,25,29). The lowest BCUT2D eigenvalue weighted by Crippen LogP contribution is -2.24. The predicted molar refractivity (Wildman–Crippen MR) is 122 cm³/mol. The van der Waals surface area contributed by atoms with Gasteiger partial charge in [-0.3, -0.25) is 4.79 Å². The summed E-state index contributed by atoms with van der Waals surface area (Å²) in [7, 11) is 3.20. The van der Waals surface area contributed by atoms with E-state index < -0.39 is 0 Å². The topological polar surface area (TPSA) is 91.2 Å². The van der Waals surface area contributed by atoms with Gasteiger partial charge in [-0.05, 0) is 29.3 Å². The molecule has 1 N–H and O–H groups in total. The smallest absolute Gasteiger partial charge is 0.226 e. The maximum Gasteiger partial charge on any atom is 0.226 e. The highest BCUT2D eigenvalue weighted by Gasteiger charge is 2.12. The van der Waals surface area contributed by atoms with E-state index in [-0.39, 0.29) is 12.3 Å². The number of ether oxygens (including phenoxy) is 2. The number of aromatic nitrogens is 4. The molecular weight excluding hydrogens is 426 g/mol. The van der Waals surface area contributed by atoms with Crippen LogP contribution in [-0.4, -0.2) is 39.9 Å². The number of carbonyl (C=O) groups excluding carboxylic acids is 1. The number of thiazole rings is 1. The van der Waals surface area contributed by atoms with Gasteiger partial charge in [-0.1, -0.05) is 24.3 Å². The summed E-state index contributed by atoms with van der Waals surface area (Å²) in [6.45, 7) is 1.13. The maximum atomic E-state index is 12.4. The Morgan fingerprint density at radius 3 is 2.56 bits per heavy atom. The number of nitrogens with zero attached hydrogens (tertiary/aromatic N) is 4. The molecule has 8 nitrogen and oxygen atoms in total. The molecule has 9 heteroatoms. The maximum absolute atomic E-state index is 12.4. The Labute approximate surface area is 189 Å². The van der Waals surface area contributed by atoms with Gasteiger partial charge in [-0.25, -0.2) is 14.6 Å². The van der Waals surface area contributed by atoms with Gasteiger partial charge in [-0.15, -0.1) is 11.3 Å². The molecule has 0 saturated carbocycles. The van der Waals surface area contributed by atoms with Gasteiger partial charge in [0.1, 0.15) is 17.7 Å². The normalized spacial score (nSPS) is 10.7. The molecule has 0 saturated heterocycles. The largest absolute Gasteiger partial charge is 0.493 e. The fourth-order valence-corrected chi connectivity index (χ4v) is 4.00. The first-order valence-electron chi connectivity index (χ1n) is 9.98. The van der Waals surface area contributed by atoms with E-state index in [2.05, 4.69) is 20.4 Å². The highest BCUT2D eigenvalue weighted by atomic mass is 32.1. The van der Waals surface area contributed by atoms with Gasteiger partial charge >= 0.3 is 0 Å². The van der Waals surface area contributed by atoms with Crippen molar-refractivity contribution in [3.8, 4) is 22.1 Å². The van der Waals surface area contributed by atoms with Crippen LogP contribution in [0.1, 0.15) is 16.8 Å². The summed E-state index contributed by atoms with van der Waals surface area (Å²) in [5.41, 5.74) is 3.81. The number of hydrogen-bond acceptors (Lipinski definition) is 7. The average Bonchev–Trinajstić information content (AvgIpc) is 3.50. The number of hydrogen-bond donors (Lipinski definition) is 1. The van der Waals surface area contributed by atoms with Crippen LogP contribution in [0.15, 0.2) is 60.5 Å². The number of methoxy groups -OCH3 is 2. The Morgan fingerprint density at radius 1 is 1.06 bits per heavy atom. The van der Waals surface area contributed by atoms with E-state index in [0.29, 0.717) is 24.6 Å². The molecule has 4 rings (SSSR count). The minimum atomic E-state index is -0.0687. The molecule has 2 heterocycles. The molecule has 0 atom stereocenters. The van der Waals surface area contributed by atoms with Gasteiger partial charge in [-0.2, -0.15) is 5.10 Å². The summed E-state index contributed by atoms with van der Waals surface area (Å²) in [5.74, 6) is 1.24. The number of carbonyl (C=O) groups is 1. The Bertz CT molecular complexity index is 1170. The van der Waals surface area contributed by atoms with E-state index in [4.69, 9.17) is 9.47 Å². The quantitative estimate of drug-likeness (QED) is 0.422. The molecule has 164 valence electrons. The minimum Gasteiger partial charge on any atom is -0.493 e. The van der Waals surface area contributed by atoms with Crippen LogP contribution in [0.2, 0.25) is 0 Å². The fraction of sp³-hybridized carbons (Fsp3) is 0.217. The predicted octanol–water partition coefficient (Wildman–Crippen LogP) is 3.33. The lowest BCUT2D eigenvalue weighted by Gasteiger charge is -2.08. The van der Waals surface area contributed by atoms with Gasteiger partial charge in [0.25, 0.3) is 0 Å². The summed E-state index contributed by atoms with van der Waals surface area (Å²) in [6, 6.07) is 13.7. The SMILES string of the molecule is COc1ccc(-c2nc(CC(=O)NCc3ccc(Cn4cncn4)cc3)cs2)cc1OC. The highest BCUT2D eigenvalue weighted by molar-refractivity contribution is 7.13. The molecule has 2 aromatic heterocycles. The van der Waals surface area contributed by atoms with Crippen molar-refractivity contribution in [1.29, 1.82) is 0 Å². The Morgan fingerprint density at radius 2 is 1.84 bits per heavy atom. The van der Waals surface area contributed by atoms with Crippen molar-refractivity contribution in [2.24, 2.45) is 0 Å². The second-order valence-corrected chi connectivity index (χ2v) is 7.93. The number of nitrogens with one attached hydrogen (secondary N) is 1. The van der Waals surface area contributed by atoms with Crippen molar-refractivity contribution in [2.75, 3.05) is 14.2 Å². The zero-order chi connectivity index (χ0) is 22.3. The van der Waals surface area contributed by atoms with Crippen LogP contribution >= 0.6 is 11.3 Å². The third-order valence-corrected chi connectivity index (χ3v) is 5.79. The molecule has 0 unspecified atom stereocenters. The molecule has 4 aromatic rings. The molecule has 0 radical (unpaired) electrons. The molecule has 0 aliphatic carbocycles. The van der Waals surface area contributed by atoms with Gasteiger partial charge in [0, 0.05) is 17.5 Å². The number of amides is 1. The molecule has 32 heavy (non-hydrogen) atoms. The van der Waals surface area contributed by atoms with E-state index in [9.17, 15) is 4.79 Å². The Kier molecular flexibility index (Phi) is 6.76. The molecule has 2 aromatic carbocycles. The van der Waals surface area contributed by atoms with Crippen molar-refractivity contribution >= 4 is 17.2 Å². The van der Waals surface area contributed by atoms with Crippen LogP contribution in [-0.2, 0) is 24.3 Å². The summed E-state index contributed by atoms with van der Waals surface area (Å²) in [5, 5.41) is 9.80. The van der Waals surface area contributed by atoms with Crippen LogP contribution in [0.3, 0.4) is 0 Å². The molecule has 1 amide bonds. The first-order valence-corrected chi connectivity index (χ1v) is 10.9. The zero-order valence-electron chi connectivity index (χ0n) is 17.8. The average molecular weight is 450 g/mol.